The van der Waals surface area contributed by atoms with Crippen LogP contribution in [0.3, 0.4) is 0 Å². The standard InChI is InChI=1S/C14H17N3/c1-11-3-5-13(6-4-11)9-17-12(2)14-10-15-7-8-16-14/h3-8,10,12,17H,9H2,1-2H3. The van der Waals surface area contributed by atoms with Crippen LogP contribution in [0, 0.1) is 6.92 Å². The molecule has 0 bridgehead atoms. The third-order valence-corrected chi connectivity index (χ3v) is 2.76. The Hall–Kier alpha value is -1.74. The van der Waals surface area contributed by atoms with E-state index in [2.05, 4.69) is 53.4 Å². The average Bonchev–Trinajstić information content (AvgIpc) is 2.39. The first kappa shape index (κ1) is 11.7. The summed E-state index contributed by atoms with van der Waals surface area (Å²) in [6, 6.07) is 8.76. The molecule has 0 saturated heterocycles. The number of benzene rings is 1. The molecule has 1 heterocycles. The number of hydrogen-bond donors (Lipinski definition) is 1. The summed E-state index contributed by atoms with van der Waals surface area (Å²) in [4.78, 5) is 8.35. The first-order valence-corrected chi connectivity index (χ1v) is 5.80. The Kier molecular flexibility index (Phi) is 3.83. The van der Waals surface area contributed by atoms with E-state index in [0.717, 1.165) is 12.2 Å². The Bertz CT molecular complexity index is 451. The molecular weight excluding hydrogens is 210 g/mol. The molecule has 88 valence electrons. The molecule has 3 nitrogen and oxygen atoms in total. The fourth-order valence-electron chi connectivity index (χ4n) is 1.62. The van der Waals surface area contributed by atoms with Crippen molar-refractivity contribution in [3.63, 3.8) is 0 Å². The average molecular weight is 227 g/mol. The van der Waals surface area contributed by atoms with Crippen LogP contribution in [0.1, 0.15) is 29.8 Å². The summed E-state index contributed by atoms with van der Waals surface area (Å²) in [6.45, 7) is 5.04. The lowest BCUT2D eigenvalue weighted by molar-refractivity contribution is 0.559. The smallest absolute Gasteiger partial charge is 0.0753 e. The van der Waals surface area contributed by atoms with Gasteiger partial charge in [0.05, 0.1) is 5.69 Å². The van der Waals surface area contributed by atoms with Gasteiger partial charge in [0.25, 0.3) is 0 Å². The molecule has 0 saturated carbocycles. The maximum Gasteiger partial charge on any atom is 0.0753 e. The first-order chi connectivity index (χ1) is 8.25. The first-order valence-electron chi connectivity index (χ1n) is 5.80. The lowest BCUT2D eigenvalue weighted by Crippen LogP contribution is -2.19. The third-order valence-electron chi connectivity index (χ3n) is 2.76. The summed E-state index contributed by atoms with van der Waals surface area (Å²) in [5, 5.41) is 3.43. The van der Waals surface area contributed by atoms with E-state index in [1.54, 1.807) is 18.6 Å². The highest BCUT2D eigenvalue weighted by Gasteiger charge is 2.05. The molecule has 0 aliphatic heterocycles. The van der Waals surface area contributed by atoms with Gasteiger partial charge >= 0.3 is 0 Å². The maximum atomic E-state index is 4.28. The Morgan fingerprint density at radius 2 is 1.94 bits per heavy atom. The highest BCUT2D eigenvalue weighted by molar-refractivity contribution is 5.21. The van der Waals surface area contributed by atoms with Crippen molar-refractivity contribution in [1.82, 2.24) is 15.3 Å². The summed E-state index contributed by atoms with van der Waals surface area (Å²) in [6.07, 6.45) is 5.21. The molecule has 17 heavy (non-hydrogen) atoms. The summed E-state index contributed by atoms with van der Waals surface area (Å²) >= 11 is 0. The fourth-order valence-corrected chi connectivity index (χ4v) is 1.62. The Morgan fingerprint density at radius 1 is 1.18 bits per heavy atom. The molecule has 0 radical (unpaired) electrons. The molecular formula is C14H17N3. The minimum atomic E-state index is 0.213. The second kappa shape index (κ2) is 5.55. The van der Waals surface area contributed by atoms with Crippen molar-refractivity contribution in [3.8, 4) is 0 Å². The quantitative estimate of drug-likeness (QED) is 0.872. The number of nitrogens with one attached hydrogen (secondary N) is 1. The minimum absolute atomic E-state index is 0.213. The minimum Gasteiger partial charge on any atom is -0.305 e. The van der Waals surface area contributed by atoms with Crippen LogP contribution in [-0.2, 0) is 6.54 Å². The highest BCUT2D eigenvalue weighted by atomic mass is 14.9. The van der Waals surface area contributed by atoms with E-state index >= 15 is 0 Å². The van der Waals surface area contributed by atoms with Crippen molar-refractivity contribution < 1.29 is 0 Å². The molecule has 0 fully saturated rings. The van der Waals surface area contributed by atoms with Crippen molar-refractivity contribution in [2.45, 2.75) is 26.4 Å². The van der Waals surface area contributed by atoms with Crippen molar-refractivity contribution in [2.75, 3.05) is 0 Å². The van der Waals surface area contributed by atoms with E-state index in [4.69, 9.17) is 0 Å². The van der Waals surface area contributed by atoms with E-state index in [1.807, 2.05) is 0 Å². The molecule has 2 aromatic rings. The zero-order chi connectivity index (χ0) is 12.1. The van der Waals surface area contributed by atoms with Crippen LogP contribution in [0.2, 0.25) is 0 Å². The van der Waals surface area contributed by atoms with Crippen molar-refractivity contribution in [1.29, 1.82) is 0 Å². The summed E-state index contributed by atoms with van der Waals surface area (Å²) in [5.41, 5.74) is 3.54. The molecule has 0 amide bonds. The molecule has 2 rings (SSSR count). The third kappa shape index (κ3) is 3.36. The zero-order valence-corrected chi connectivity index (χ0v) is 10.2. The summed E-state index contributed by atoms with van der Waals surface area (Å²) < 4.78 is 0. The molecule has 3 heteroatoms. The number of rotatable bonds is 4. The van der Waals surface area contributed by atoms with Gasteiger partial charge in [0.15, 0.2) is 0 Å². The molecule has 1 N–H and O–H groups in total. The van der Waals surface area contributed by atoms with Gasteiger partial charge in [-0.05, 0) is 19.4 Å². The largest absolute Gasteiger partial charge is 0.305 e. The van der Waals surface area contributed by atoms with Crippen LogP contribution in [-0.4, -0.2) is 9.97 Å². The van der Waals surface area contributed by atoms with Gasteiger partial charge in [0.1, 0.15) is 0 Å². The predicted molar refractivity (Wildman–Crippen MR) is 68.5 cm³/mol. The van der Waals surface area contributed by atoms with Gasteiger partial charge in [-0.15, -0.1) is 0 Å². The van der Waals surface area contributed by atoms with E-state index in [0.29, 0.717) is 0 Å². The van der Waals surface area contributed by atoms with Crippen molar-refractivity contribution in [3.05, 3.63) is 59.7 Å². The Balaban J connectivity index is 1.92. The Morgan fingerprint density at radius 3 is 2.59 bits per heavy atom. The van der Waals surface area contributed by atoms with Crippen LogP contribution in [0.15, 0.2) is 42.9 Å². The normalized spacial score (nSPS) is 12.4. The Labute approximate surface area is 102 Å². The van der Waals surface area contributed by atoms with Crippen molar-refractivity contribution in [2.24, 2.45) is 0 Å². The van der Waals surface area contributed by atoms with E-state index < -0.39 is 0 Å². The number of hydrogen-bond acceptors (Lipinski definition) is 3. The molecule has 1 aromatic heterocycles. The van der Waals surface area contributed by atoms with Gasteiger partial charge in [-0.3, -0.25) is 9.97 Å². The second-order valence-corrected chi connectivity index (χ2v) is 4.22. The predicted octanol–water partition coefficient (Wildman–Crippen LogP) is 2.64. The SMILES string of the molecule is Cc1ccc(CNC(C)c2cnccn2)cc1. The molecule has 1 unspecified atom stereocenters. The molecule has 0 aliphatic carbocycles. The maximum absolute atomic E-state index is 4.28. The van der Waals surface area contributed by atoms with Gasteiger partial charge in [-0.2, -0.15) is 0 Å². The van der Waals surface area contributed by atoms with Crippen LogP contribution >= 0.6 is 0 Å². The second-order valence-electron chi connectivity index (χ2n) is 4.22. The molecule has 0 spiro atoms. The van der Waals surface area contributed by atoms with Gasteiger partial charge in [-0.1, -0.05) is 29.8 Å². The lowest BCUT2D eigenvalue weighted by Gasteiger charge is -2.12. The molecule has 1 aromatic carbocycles. The van der Waals surface area contributed by atoms with E-state index in [1.165, 1.54) is 11.1 Å². The van der Waals surface area contributed by atoms with Gasteiger partial charge in [-0.25, -0.2) is 0 Å². The van der Waals surface area contributed by atoms with Gasteiger partial charge in [0, 0.05) is 31.2 Å². The molecule has 0 aliphatic rings. The number of nitrogens with zero attached hydrogens (tertiary/aromatic N) is 2. The molecule has 1 atom stereocenters. The van der Waals surface area contributed by atoms with E-state index in [9.17, 15) is 0 Å². The summed E-state index contributed by atoms with van der Waals surface area (Å²) in [7, 11) is 0. The monoisotopic (exact) mass is 227 g/mol. The van der Waals surface area contributed by atoms with E-state index in [-0.39, 0.29) is 6.04 Å². The van der Waals surface area contributed by atoms with Gasteiger partial charge in [0.2, 0.25) is 0 Å². The van der Waals surface area contributed by atoms with Crippen molar-refractivity contribution >= 4 is 0 Å². The van der Waals surface area contributed by atoms with Crippen LogP contribution in [0.4, 0.5) is 0 Å². The van der Waals surface area contributed by atoms with Gasteiger partial charge < -0.3 is 5.32 Å². The summed E-state index contributed by atoms with van der Waals surface area (Å²) in [5.74, 6) is 0. The number of aromatic nitrogens is 2. The number of aryl methyl sites for hydroxylation is 1. The topological polar surface area (TPSA) is 37.8 Å². The van der Waals surface area contributed by atoms with Crippen LogP contribution in [0.25, 0.3) is 0 Å². The van der Waals surface area contributed by atoms with Crippen LogP contribution in [0.5, 0.6) is 0 Å². The zero-order valence-electron chi connectivity index (χ0n) is 10.2. The highest BCUT2D eigenvalue weighted by Crippen LogP contribution is 2.09. The lowest BCUT2D eigenvalue weighted by atomic mass is 10.1. The van der Waals surface area contributed by atoms with Crippen LogP contribution < -0.4 is 5.32 Å². The fraction of sp³-hybridized carbons (Fsp3) is 0.286.